The van der Waals surface area contributed by atoms with Crippen LogP contribution in [0.25, 0.3) is 11.1 Å². The molecule has 1 fully saturated rings. The fourth-order valence-corrected chi connectivity index (χ4v) is 5.22. The summed E-state index contributed by atoms with van der Waals surface area (Å²) in [7, 11) is 2.29. The second-order valence-electron chi connectivity index (χ2n) is 9.43. The molecule has 0 aromatic heterocycles. The molecule has 1 N–H and O–H groups in total. The smallest absolute Gasteiger partial charge is 0.348 e. The summed E-state index contributed by atoms with van der Waals surface area (Å²) >= 11 is 0. The lowest BCUT2D eigenvalue weighted by atomic mass is 9.91. The minimum absolute atomic E-state index is 0.158. The highest BCUT2D eigenvalue weighted by Crippen LogP contribution is 2.48. The molecule has 3 aromatic carbocycles. The second kappa shape index (κ2) is 8.19. The Balaban J connectivity index is 1.26. The number of aliphatic hydroxyl groups is 1. The Bertz CT molecular complexity index is 1070. The third-order valence-corrected chi connectivity index (χ3v) is 7.26. The lowest BCUT2D eigenvalue weighted by Crippen LogP contribution is -2.53. The molecule has 0 unspecified atom stereocenters. The largest absolute Gasteiger partial charge is 0.459 e. The van der Waals surface area contributed by atoms with Crippen LogP contribution in [0.5, 0.6) is 0 Å². The molecule has 4 heteroatoms. The predicted octanol–water partition coefficient (Wildman–Crippen LogP) is 4.30. The average molecular weight is 429 g/mol. The van der Waals surface area contributed by atoms with Crippen molar-refractivity contribution in [2.24, 2.45) is 0 Å². The van der Waals surface area contributed by atoms with Crippen molar-refractivity contribution in [3.63, 3.8) is 0 Å². The fourth-order valence-electron chi connectivity index (χ4n) is 5.22. The van der Waals surface area contributed by atoms with Crippen molar-refractivity contribution in [2.75, 3.05) is 26.7 Å². The summed E-state index contributed by atoms with van der Waals surface area (Å²) in [6.07, 6.45) is 2.52. The van der Waals surface area contributed by atoms with Crippen LogP contribution in [0.15, 0.2) is 78.9 Å². The van der Waals surface area contributed by atoms with E-state index in [1.165, 1.54) is 5.56 Å². The van der Waals surface area contributed by atoms with Crippen molar-refractivity contribution in [3.8, 4) is 11.1 Å². The number of ether oxygens (including phenoxy) is 1. The molecular formula is C28H30NO3+. The molecule has 1 saturated heterocycles. The van der Waals surface area contributed by atoms with E-state index in [4.69, 9.17) is 4.74 Å². The molecule has 2 aliphatic rings. The summed E-state index contributed by atoms with van der Waals surface area (Å²) in [5.41, 5.74) is 2.65. The molecule has 0 amide bonds. The third-order valence-electron chi connectivity index (χ3n) is 7.26. The first-order chi connectivity index (χ1) is 15.5. The predicted molar refractivity (Wildman–Crippen MR) is 125 cm³/mol. The van der Waals surface area contributed by atoms with Crippen molar-refractivity contribution in [3.05, 3.63) is 95.6 Å². The van der Waals surface area contributed by atoms with Gasteiger partial charge in [-0.15, -0.1) is 0 Å². The van der Waals surface area contributed by atoms with Crippen LogP contribution >= 0.6 is 0 Å². The van der Waals surface area contributed by atoms with Gasteiger partial charge in [-0.2, -0.15) is 0 Å². The maximum absolute atomic E-state index is 13.4. The molecular weight excluding hydrogens is 398 g/mol. The van der Waals surface area contributed by atoms with Gasteiger partial charge in [-0.3, -0.25) is 0 Å². The monoisotopic (exact) mass is 428 g/mol. The molecule has 4 nitrogen and oxygen atoms in total. The standard InChI is InChI=1S/C28H30NO3/c1-29(18-15-21-9-3-2-4-10-21)19-16-22(17-20-29)32-27(30)28(31)25-13-7-5-11-23(25)24-12-6-8-14-26(24)28/h2-14,22,31H,15-20H2,1H3/q+1. The van der Waals surface area contributed by atoms with E-state index < -0.39 is 11.6 Å². The van der Waals surface area contributed by atoms with Crippen LogP contribution in [0.3, 0.4) is 0 Å². The first-order valence-electron chi connectivity index (χ1n) is 11.5. The summed E-state index contributed by atoms with van der Waals surface area (Å²) < 4.78 is 6.93. The highest BCUT2D eigenvalue weighted by Gasteiger charge is 2.50. The number of esters is 1. The van der Waals surface area contributed by atoms with Crippen LogP contribution in [0.4, 0.5) is 0 Å². The molecule has 5 rings (SSSR count). The number of carbonyl (C=O) groups is 1. The normalized spacial score (nSPS) is 23.2. The molecule has 1 heterocycles. The second-order valence-corrected chi connectivity index (χ2v) is 9.43. The maximum atomic E-state index is 13.4. The molecule has 1 aliphatic heterocycles. The van der Waals surface area contributed by atoms with E-state index in [0.29, 0.717) is 11.1 Å². The molecule has 1 aliphatic carbocycles. The number of benzene rings is 3. The number of hydrogen-bond donors (Lipinski definition) is 1. The van der Waals surface area contributed by atoms with Crippen LogP contribution < -0.4 is 0 Å². The van der Waals surface area contributed by atoms with Crippen LogP contribution in [0.1, 0.15) is 29.5 Å². The van der Waals surface area contributed by atoms with E-state index in [1.807, 2.05) is 48.5 Å². The molecule has 0 atom stereocenters. The summed E-state index contributed by atoms with van der Waals surface area (Å²) in [4.78, 5) is 13.4. The summed E-state index contributed by atoms with van der Waals surface area (Å²) in [5.74, 6) is -0.555. The lowest BCUT2D eigenvalue weighted by Gasteiger charge is -2.41. The van der Waals surface area contributed by atoms with Crippen molar-refractivity contribution in [1.29, 1.82) is 0 Å². The van der Waals surface area contributed by atoms with Gasteiger partial charge in [0.25, 0.3) is 0 Å². The molecule has 0 radical (unpaired) electrons. The first kappa shape index (κ1) is 20.9. The van der Waals surface area contributed by atoms with Gasteiger partial charge in [-0.05, 0) is 16.7 Å². The Kier molecular flexibility index (Phi) is 5.36. The molecule has 164 valence electrons. The van der Waals surface area contributed by atoms with E-state index in [2.05, 4.69) is 37.4 Å². The van der Waals surface area contributed by atoms with Crippen molar-refractivity contribution in [2.45, 2.75) is 31.0 Å². The Morgan fingerprint density at radius 3 is 2.03 bits per heavy atom. The Labute approximate surface area is 189 Å². The SMILES string of the molecule is C[N+]1(CCc2ccccc2)CCC(OC(=O)C2(O)c3ccccc3-c3ccccc32)CC1. The zero-order valence-electron chi connectivity index (χ0n) is 18.5. The van der Waals surface area contributed by atoms with Crippen molar-refractivity contribution in [1.82, 2.24) is 0 Å². The zero-order valence-corrected chi connectivity index (χ0v) is 18.5. The number of hydrogen-bond acceptors (Lipinski definition) is 3. The number of likely N-dealkylation sites (N-methyl/N-ethyl adjacent to an activating group) is 1. The van der Waals surface area contributed by atoms with Crippen LogP contribution in [0.2, 0.25) is 0 Å². The van der Waals surface area contributed by atoms with E-state index in [0.717, 1.165) is 54.5 Å². The van der Waals surface area contributed by atoms with Crippen molar-refractivity contribution >= 4 is 5.97 Å². The minimum atomic E-state index is -1.74. The molecule has 32 heavy (non-hydrogen) atoms. The first-order valence-corrected chi connectivity index (χ1v) is 11.5. The summed E-state index contributed by atoms with van der Waals surface area (Å²) in [6, 6.07) is 25.7. The van der Waals surface area contributed by atoms with E-state index in [9.17, 15) is 9.90 Å². The van der Waals surface area contributed by atoms with Gasteiger partial charge in [-0.25, -0.2) is 4.79 Å². The Hall–Kier alpha value is -2.95. The van der Waals surface area contributed by atoms with Gasteiger partial charge in [-0.1, -0.05) is 78.9 Å². The maximum Gasteiger partial charge on any atom is 0.348 e. The zero-order chi connectivity index (χ0) is 22.2. The van der Waals surface area contributed by atoms with E-state index >= 15 is 0 Å². The van der Waals surface area contributed by atoms with Gasteiger partial charge in [0.05, 0.1) is 26.7 Å². The summed E-state index contributed by atoms with van der Waals surface area (Å²) in [6.45, 7) is 3.02. The van der Waals surface area contributed by atoms with Gasteiger partial charge in [0.1, 0.15) is 6.10 Å². The van der Waals surface area contributed by atoms with E-state index in [1.54, 1.807) is 0 Å². The number of rotatable bonds is 5. The molecule has 0 saturated carbocycles. The quantitative estimate of drug-likeness (QED) is 0.487. The number of fused-ring (bicyclic) bond motifs is 3. The average Bonchev–Trinajstić information content (AvgIpc) is 3.10. The van der Waals surface area contributed by atoms with Crippen LogP contribution in [-0.2, 0) is 21.6 Å². The molecule has 0 spiro atoms. The molecule has 3 aromatic rings. The van der Waals surface area contributed by atoms with Crippen molar-refractivity contribution < 1.29 is 19.1 Å². The number of likely N-dealkylation sites (tertiary alicyclic amines) is 1. The number of quaternary nitrogens is 1. The highest BCUT2D eigenvalue weighted by atomic mass is 16.6. The number of carbonyl (C=O) groups excluding carboxylic acids is 1. The van der Waals surface area contributed by atoms with Crippen LogP contribution in [0, 0.1) is 0 Å². The van der Waals surface area contributed by atoms with Gasteiger partial charge in [0.2, 0.25) is 5.60 Å². The fraction of sp³-hybridized carbons (Fsp3) is 0.321. The van der Waals surface area contributed by atoms with Gasteiger partial charge in [0, 0.05) is 30.4 Å². The summed E-state index contributed by atoms with van der Waals surface area (Å²) in [5, 5.41) is 11.6. The Morgan fingerprint density at radius 1 is 0.906 bits per heavy atom. The lowest BCUT2D eigenvalue weighted by molar-refractivity contribution is -0.914. The van der Waals surface area contributed by atoms with Gasteiger partial charge >= 0.3 is 5.97 Å². The van der Waals surface area contributed by atoms with E-state index in [-0.39, 0.29) is 6.10 Å². The number of nitrogens with zero attached hydrogens (tertiary/aromatic N) is 1. The molecule has 0 bridgehead atoms. The minimum Gasteiger partial charge on any atom is -0.459 e. The van der Waals surface area contributed by atoms with Crippen LogP contribution in [-0.4, -0.2) is 48.3 Å². The third kappa shape index (κ3) is 3.64. The topological polar surface area (TPSA) is 46.5 Å². The van der Waals surface area contributed by atoms with Gasteiger partial charge < -0.3 is 14.3 Å². The number of piperidine rings is 1. The highest BCUT2D eigenvalue weighted by molar-refractivity contribution is 5.96. The Morgan fingerprint density at radius 2 is 1.44 bits per heavy atom. The van der Waals surface area contributed by atoms with Gasteiger partial charge in [0.15, 0.2) is 0 Å².